The second kappa shape index (κ2) is 8.34. The molecular weight excluding hydrogens is 331 g/mol. The first-order chi connectivity index (χ1) is 11.0. The third kappa shape index (κ3) is 5.24. The standard InChI is InChI=1S/C18H20Cl2N2O/c1-12(14-6-4-3-5-7-14)22-18(23)11-21-13(2)16-9-8-15(19)10-17(16)20/h3-10,12-13,21H,11H2,1-2H3,(H,22,23)/t12-,13+/m1/s1. The van der Waals surface area contributed by atoms with Crippen molar-refractivity contribution in [3.05, 3.63) is 69.7 Å². The molecule has 2 aromatic rings. The molecule has 5 heteroatoms. The molecule has 0 saturated carbocycles. The zero-order chi connectivity index (χ0) is 16.8. The Kier molecular flexibility index (Phi) is 6.46. The van der Waals surface area contributed by atoms with Gasteiger partial charge < -0.3 is 10.6 Å². The van der Waals surface area contributed by atoms with E-state index >= 15 is 0 Å². The van der Waals surface area contributed by atoms with Gasteiger partial charge in [0.2, 0.25) is 5.91 Å². The van der Waals surface area contributed by atoms with Crippen molar-refractivity contribution in [2.75, 3.05) is 6.54 Å². The summed E-state index contributed by atoms with van der Waals surface area (Å²) in [7, 11) is 0. The van der Waals surface area contributed by atoms with Gasteiger partial charge >= 0.3 is 0 Å². The molecule has 2 rings (SSSR count). The van der Waals surface area contributed by atoms with Crippen LogP contribution in [0.5, 0.6) is 0 Å². The van der Waals surface area contributed by atoms with E-state index in [9.17, 15) is 4.79 Å². The van der Waals surface area contributed by atoms with Crippen LogP contribution in [0.3, 0.4) is 0 Å². The van der Waals surface area contributed by atoms with E-state index in [1.807, 2.05) is 50.2 Å². The lowest BCUT2D eigenvalue weighted by molar-refractivity contribution is -0.121. The molecule has 0 aliphatic rings. The maximum Gasteiger partial charge on any atom is 0.234 e. The van der Waals surface area contributed by atoms with Crippen molar-refractivity contribution in [3.8, 4) is 0 Å². The highest BCUT2D eigenvalue weighted by Crippen LogP contribution is 2.25. The molecular formula is C18H20Cl2N2O. The van der Waals surface area contributed by atoms with Crippen LogP contribution in [0.1, 0.15) is 37.1 Å². The third-order valence-corrected chi connectivity index (χ3v) is 4.24. The molecule has 0 heterocycles. The van der Waals surface area contributed by atoms with E-state index in [1.54, 1.807) is 12.1 Å². The number of halogens is 2. The average Bonchev–Trinajstić information content (AvgIpc) is 2.53. The number of carbonyl (C=O) groups is 1. The molecule has 0 fully saturated rings. The molecule has 122 valence electrons. The zero-order valence-electron chi connectivity index (χ0n) is 13.1. The smallest absolute Gasteiger partial charge is 0.234 e. The fourth-order valence-corrected chi connectivity index (χ4v) is 2.90. The molecule has 0 aromatic heterocycles. The van der Waals surface area contributed by atoms with Gasteiger partial charge in [-0.05, 0) is 37.1 Å². The first-order valence-electron chi connectivity index (χ1n) is 7.50. The molecule has 1 amide bonds. The molecule has 23 heavy (non-hydrogen) atoms. The summed E-state index contributed by atoms with van der Waals surface area (Å²) >= 11 is 12.1. The zero-order valence-corrected chi connectivity index (χ0v) is 14.7. The van der Waals surface area contributed by atoms with Crippen molar-refractivity contribution in [1.29, 1.82) is 0 Å². The molecule has 0 bridgehead atoms. The lowest BCUT2D eigenvalue weighted by Crippen LogP contribution is -2.36. The lowest BCUT2D eigenvalue weighted by Gasteiger charge is -2.18. The van der Waals surface area contributed by atoms with E-state index in [0.29, 0.717) is 10.0 Å². The normalized spacial score (nSPS) is 13.4. The van der Waals surface area contributed by atoms with Gasteiger partial charge in [0, 0.05) is 16.1 Å². The van der Waals surface area contributed by atoms with Crippen molar-refractivity contribution in [1.82, 2.24) is 10.6 Å². The quantitative estimate of drug-likeness (QED) is 0.803. The van der Waals surface area contributed by atoms with Gasteiger partial charge in [0.05, 0.1) is 12.6 Å². The number of carbonyl (C=O) groups excluding carboxylic acids is 1. The van der Waals surface area contributed by atoms with Crippen molar-refractivity contribution in [3.63, 3.8) is 0 Å². The Bertz CT molecular complexity index is 661. The van der Waals surface area contributed by atoms with Crippen LogP contribution in [0.2, 0.25) is 10.0 Å². The number of nitrogens with one attached hydrogen (secondary N) is 2. The Morgan fingerprint density at radius 1 is 1.04 bits per heavy atom. The Labute approximate surface area is 147 Å². The predicted octanol–water partition coefficient (Wildman–Crippen LogP) is 4.52. The van der Waals surface area contributed by atoms with Gasteiger partial charge in [-0.1, -0.05) is 59.6 Å². The topological polar surface area (TPSA) is 41.1 Å². The molecule has 0 aliphatic heterocycles. The first kappa shape index (κ1) is 17.8. The summed E-state index contributed by atoms with van der Waals surface area (Å²) in [5.41, 5.74) is 2.00. The number of hydrogen-bond acceptors (Lipinski definition) is 2. The van der Waals surface area contributed by atoms with Crippen LogP contribution in [0.25, 0.3) is 0 Å². The Morgan fingerprint density at radius 3 is 2.39 bits per heavy atom. The van der Waals surface area contributed by atoms with Crippen molar-refractivity contribution in [2.45, 2.75) is 25.9 Å². The van der Waals surface area contributed by atoms with Crippen LogP contribution < -0.4 is 10.6 Å². The van der Waals surface area contributed by atoms with Crippen LogP contribution in [0.15, 0.2) is 48.5 Å². The lowest BCUT2D eigenvalue weighted by atomic mass is 10.1. The summed E-state index contributed by atoms with van der Waals surface area (Å²) in [4.78, 5) is 12.1. The van der Waals surface area contributed by atoms with Gasteiger partial charge in [-0.15, -0.1) is 0 Å². The molecule has 0 spiro atoms. The molecule has 2 aromatic carbocycles. The van der Waals surface area contributed by atoms with E-state index in [0.717, 1.165) is 11.1 Å². The van der Waals surface area contributed by atoms with Crippen LogP contribution in [0, 0.1) is 0 Å². The number of benzene rings is 2. The van der Waals surface area contributed by atoms with Gasteiger partial charge in [0.25, 0.3) is 0 Å². The van der Waals surface area contributed by atoms with Crippen molar-refractivity contribution < 1.29 is 4.79 Å². The van der Waals surface area contributed by atoms with Gasteiger partial charge in [0.1, 0.15) is 0 Å². The number of rotatable bonds is 6. The largest absolute Gasteiger partial charge is 0.348 e. The maximum absolute atomic E-state index is 12.1. The Hall–Kier alpha value is -1.55. The highest BCUT2D eigenvalue weighted by Gasteiger charge is 2.13. The Morgan fingerprint density at radius 2 is 1.74 bits per heavy atom. The average molecular weight is 351 g/mol. The summed E-state index contributed by atoms with van der Waals surface area (Å²) in [5, 5.41) is 7.34. The van der Waals surface area contributed by atoms with Crippen LogP contribution in [-0.4, -0.2) is 12.5 Å². The van der Waals surface area contributed by atoms with Crippen LogP contribution >= 0.6 is 23.2 Å². The van der Waals surface area contributed by atoms with E-state index in [-0.39, 0.29) is 24.5 Å². The predicted molar refractivity (Wildman–Crippen MR) is 95.9 cm³/mol. The summed E-state index contributed by atoms with van der Waals surface area (Å²) < 4.78 is 0. The van der Waals surface area contributed by atoms with Crippen LogP contribution in [-0.2, 0) is 4.79 Å². The van der Waals surface area contributed by atoms with E-state index < -0.39 is 0 Å². The van der Waals surface area contributed by atoms with E-state index in [4.69, 9.17) is 23.2 Å². The maximum atomic E-state index is 12.1. The Balaban J connectivity index is 1.86. The fourth-order valence-electron chi connectivity index (χ4n) is 2.33. The molecule has 2 N–H and O–H groups in total. The SMILES string of the molecule is C[C@H](NCC(=O)N[C@H](C)c1ccccc1)c1ccc(Cl)cc1Cl. The second-order valence-electron chi connectivity index (χ2n) is 5.47. The van der Waals surface area contributed by atoms with Gasteiger partial charge in [-0.3, -0.25) is 4.79 Å². The number of amides is 1. The van der Waals surface area contributed by atoms with Crippen LogP contribution in [0.4, 0.5) is 0 Å². The summed E-state index contributed by atoms with van der Waals surface area (Å²) in [6, 6.07) is 15.2. The second-order valence-corrected chi connectivity index (χ2v) is 6.31. The minimum absolute atomic E-state index is 0.0278. The monoisotopic (exact) mass is 350 g/mol. The highest BCUT2D eigenvalue weighted by atomic mass is 35.5. The molecule has 2 atom stereocenters. The summed E-state index contributed by atoms with van der Waals surface area (Å²) in [6.45, 7) is 4.15. The molecule has 0 radical (unpaired) electrons. The molecule has 0 unspecified atom stereocenters. The minimum atomic E-state index is -0.0571. The third-order valence-electron chi connectivity index (χ3n) is 3.67. The van der Waals surface area contributed by atoms with Crippen molar-refractivity contribution in [2.24, 2.45) is 0 Å². The number of hydrogen-bond donors (Lipinski definition) is 2. The molecule has 0 aliphatic carbocycles. The van der Waals surface area contributed by atoms with E-state index in [1.165, 1.54) is 0 Å². The van der Waals surface area contributed by atoms with Gasteiger partial charge in [-0.2, -0.15) is 0 Å². The van der Waals surface area contributed by atoms with Gasteiger partial charge in [0.15, 0.2) is 0 Å². The van der Waals surface area contributed by atoms with Gasteiger partial charge in [-0.25, -0.2) is 0 Å². The fraction of sp³-hybridized carbons (Fsp3) is 0.278. The summed E-state index contributed by atoms with van der Waals surface area (Å²) in [6.07, 6.45) is 0. The van der Waals surface area contributed by atoms with Crippen molar-refractivity contribution >= 4 is 29.1 Å². The first-order valence-corrected chi connectivity index (χ1v) is 8.25. The highest BCUT2D eigenvalue weighted by molar-refractivity contribution is 6.35. The van der Waals surface area contributed by atoms with E-state index in [2.05, 4.69) is 10.6 Å². The minimum Gasteiger partial charge on any atom is -0.348 e. The molecule has 3 nitrogen and oxygen atoms in total. The summed E-state index contributed by atoms with van der Waals surface area (Å²) in [5.74, 6) is -0.0571. The molecule has 0 saturated heterocycles.